The van der Waals surface area contributed by atoms with Gasteiger partial charge in [0.1, 0.15) is 0 Å². The first kappa shape index (κ1) is 12.0. The molecule has 6 nitrogen and oxygen atoms in total. The Hall–Kier alpha value is 0.0300. The Morgan fingerprint density at radius 1 is 1.33 bits per heavy atom. The van der Waals surface area contributed by atoms with Crippen molar-refractivity contribution < 1.29 is 19.5 Å². The first-order valence-corrected chi connectivity index (χ1v) is 5.25. The summed E-state index contributed by atoms with van der Waals surface area (Å²) in [5, 5.41) is 8.87. The highest BCUT2D eigenvalue weighted by Crippen LogP contribution is 2.41. The molecule has 0 bridgehead atoms. The van der Waals surface area contributed by atoms with Gasteiger partial charge in [-0.05, 0) is 12.8 Å². The fourth-order valence-electron chi connectivity index (χ4n) is 0.649. The van der Waals surface area contributed by atoms with Gasteiger partial charge in [0.25, 0.3) is 0 Å². The summed E-state index contributed by atoms with van der Waals surface area (Å²) in [6.45, 7) is 0.244. The molecule has 0 heterocycles. The number of rotatable bonds is 5. The summed E-state index contributed by atoms with van der Waals surface area (Å²) in [6.07, 6.45) is 0.283. The van der Waals surface area contributed by atoms with Crippen molar-refractivity contribution in [3.05, 3.63) is 0 Å². The smallest absolute Gasteiger partial charge is 0.353 e. The van der Waals surface area contributed by atoms with Gasteiger partial charge < -0.3 is 26.4 Å². The van der Waals surface area contributed by atoms with Crippen molar-refractivity contribution in [1.29, 1.82) is 0 Å². The van der Waals surface area contributed by atoms with E-state index in [4.69, 9.17) is 26.4 Å². The minimum Gasteiger partial charge on any atom is -0.380 e. The lowest BCUT2D eigenvalue weighted by atomic mass is 10.2. The first-order valence-electron chi connectivity index (χ1n) is 3.57. The van der Waals surface area contributed by atoms with Gasteiger partial charge in [-0.2, -0.15) is 0 Å². The van der Waals surface area contributed by atoms with Crippen LogP contribution in [0.1, 0.15) is 12.8 Å². The Labute approximate surface area is 70.7 Å². The average molecular weight is 198 g/mol. The summed E-state index contributed by atoms with van der Waals surface area (Å²) >= 11 is 0. The second-order valence-corrected chi connectivity index (χ2v) is 4.42. The van der Waals surface area contributed by atoms with Crippen molar-refractivity contribution in [2.45, 2.75) is 24.7 Å². The molecule has 0 spiro atoms. The zero-order valence-corrected chi connectivity index (χ0v) is 7.52. The van der Waals surface area contributed by atoms with Gasteiger partial charge in [-0.15, -0.1) is 0 Å². The minimum atomic E-state index is -4.36. The van der Waals surface area contributed by atoms with E-state index in [1.54, 1.807) is 0 Å². The largest absolute Gasteiger partial charge is 0.380 e. The van der Waals surface area contributed by atoms with Crippen molar-refractivity contribution in [3.63, 3.8) is 0 Å². The Morgan fingerprint density at radius 2 is 1.83 bits per heavy atom. The van der Waals surface area contributed by atoms with Crippen LogP contribution in [0.2, 0.25) is 0 Å². The van der Waals surface area contributed by atoms with Gasteiger partial charge in [0.05, 0.1) is 0 Å². The van der Waals surface area contributed by atoms with Gasteiger partial charge in [-0.3, -0.25) is 4.57 Å². The van der Waals surface area contributed by atoms with Crippen molar-refractivity contribution in [2.75, 3.05) is 6.54 Å². The molecule has 0 aliphatic heterocycles. The summed E-state index contributed by atoms with van der Waals surface area (Å²) < 4.78 is 10.4. The molecular weight excluding hydrogens is 183 g/mol. The fraction of sp³-hybridized carbons (Fsp3) is 1.00. The Bertz CT molecular complexity index is 171. The van der Waals surface area contributed by atoms with Crippen molar-refractivity contribution in [3.8, 4) is 0 Å². The maximum Gasteiger partial charge on any atom is 0.353 e. The molecule has 0 saturated heterocycles. The van der Waals surface area contributed by atoms with Crippen LogP contribution in [0.4, 0.5) is 0 Å². The Morgan fingerprint density at radius 3 is 2.17 bits per heavy atom. The van der Waals surface area contributed by atoms with Crippen LogP contribution >= 0.6 is 7.60 Å². The maximum atomic E-state index is 10.4. The monoisotopic (exact) mass is 198 g/mol. The molecule has 0 radical (unpaired) electrons. The SMILES string of the molecule is NCC(N)CCC(O)P(=O)(O)O. The molecule has 0 aromatic heterocycles. The molecular formula is C5H15N2O4P. The van der Waals surface area contributed by atoms with Crippen molar-refractivity contribution in [2.24, 2.45) is 11.5 Å². The molecule has 0 rings (SSSR count). The molecule has 0 aliphatic rings. The predicted molar refractivity (Wildman–Crippen MR) is 44.3 cm³/mol. The van der Waals surface area contributed by atoms with E-state index in [0.717, 1.165) is 0 Å². The second kappa shape index (κ2) is 4.91. The van der Waals surface area contributed by atoms with Gasteiger partial charge in [0.2, 0.25) is 0 Å². The second-order valence-electron chi connectivity index (χ2n) is 2.64. The molecule has 0 aliphatic carbocycles. The molecule has 0 fully saturated rings. The third kappa shape index (κ3) is 4.82. The van der Waals surface area contributed by atoms with Crippen LogP contribution in [0.3, 0.4) is 0 Å². The van der Waals surface area contributed by atoms with Crippen molar-refractivity contribution >= 4 is 7.60 Å². The van der Waals surface area contributed by atoms with Gasteiger partial charge in [-0.1, -0.05) is 0 Å². The number of hydrogen-bond acceptors (Lipinski definition) is 4. The minimum absolute atomic E-state index is 0.0252. The van der Waals surface area contributed by atoms with E-state index >= 15 is 0 Å². The van der Waals surface area contributed by atoms with Crippen LogP contribution in [-0.4, -0.2) is 33.3 Å². The summed E-state index contributed by atoms with van der Waals surface area (Å²) in [5.74, 6) is -1.62. The summed E-state index contributed by atoms with van der Waals surface area (Å²) in [5.41, 5.74) is 10.5. The topological polar surface area (TPSA) is 130 Å². The summed E-state index contributed by atoms with van der Waals surface area (Å²) in [7, 11) is -4.36. The molecule has 0 aromatic rings. The van der Waals surface area contributed by atoms with E-state index in [1.165, 1.54) is 0 Å². The Kier molecular flexibility index (Phi) is 4.92. The van der Waals surface area contributed by atoms with Gasteiger partial charge in [0, 0.05) is 12.6 Å². The normalized spacial score (nSPS) is 17.4. The zero-order chi connectivity index (χ0) is 9.78. The third-order valence-electron chi connectivity index (χ3n) is 1.49. The molecule has 12 heavy (non-hydrogen) atoms. The lowest BCUT2D eigenvalue weighted by Gasteiger charge is -2.14. The molecule has 0 amide bonds. The highest BCUT2D eigenvalue weighted by atomic mass is 31.2. The van der Waals surface area contributed by atoms with E-state index in [1.807, 2.05) is 0 Å². The van der Waals surface area contributed by atoms with Crippen LogP contribution < -0.4 is 11.5 Å². The van der Waals surface area contributed by atoms with E-state index < -0.39 is 13.4 Å². The number of aliphatic hydroxyl groups excluding tert-OH is 1. The first-order chi connectivity index (χ1) is 5.38. The highest BCUT2D eigenvalue weighted by molar-refractivity contribution is 7.52. The molecule has 0 saturated carbocycles. The van der Waals surface area contributed by atoms with Crippen LogP contribution in [0.5, 0.6) is 0 Å². The third-order valence-corrected chi connectivity index (χ3v) is 2.52. The number of aliphatic hydroxyl groups is 1. The van der Waals surface area contributed by atoms with Crippen LogP contribution in [-0.2, 0) is 4.57 Å². The van der Waals surface area contributed by atoms with Crippen molar-refractivity contribution in [1.82, 2.24) is 0 Å². The molecule has 2 unspecified atom stereocenters. The molecule has 2 atom stereocenters. The van der Waals surface area contributed by atoms with Crippen LogP contribution in [0.25, 0.3) is 0 Å². The molecule has 7 heteroatoms. The molecule has 74 valence electrons. The molecule has 7 N–H and O–H groups in total. The van der Waals surface area contributed by atoms with E-state index in [0.29, 0.717) is 6.42 Å². The van der Waals surface area contributed by atoms with Crippen LogP contribution in [0.15, 0.2) is 0 Å². The number of hydrogen-bond donors (Lipinski definition) is 5. The van der Waals surface area contributed by atoms with Gasteiger partial charge >= 0.3 is 7.60 Å². The summed E-state index contributed by atoms with van der Waals surface area (Å²) in [6, 6.07) is -0.314. The lowest BCUT2D eigenvalue weighted by molar-refractivity contribution is 0.189. The lowest BCUT2D eigenvalue weighted by Crippen LogP contribution is -2.30. The average Bonchev–Trinajstić information content (AvgIpc) is 1.97. The molecule has 0 aromatic carbocycles. The Balaban J connectivity index is 3.72. The quantitative estimate of drug-likeness (QED) is 0.343. The van der Waals surface area contributed by atoms with E-state index in [2.05, 4.69) is 0 Å². The predicted octanol–water partition coefficient (Wildman–Crippen LogP) is -1.45. The van der Waals surface area contributed by atoms with Crippen LogP contribution in [0, 0.1) is 0 Å². The maximum absolute atomic E-state index is 10.4. The highest BCUT2D eigenvalue weighted by Gasteiger charge is 2.25. The number of nitrogens with two attached hydrogens (primary N) is 2. The van der Waals surface area contributed by atoms with E-state index in [9.17, 15) is 4.57 Å². The van der Waals surface area contributed by atoms with Gasteiger partial charge in [0.15, 0.2) is 5.85 Å². The standard InChI is InChI=1S/C5H15N2O4P/c6-3-4(7)1-2-5(8)12(9,10)11/h4-5,8H,1-3,6-7H2,(H2,9,10,11). The van der Waals surface area contributed by atoms with E-state index in [-0.39, 0.29) is 19.0 Å². The fourth-order valence-corrected chi connectivity index (χ4v) is 1.13. The summed E-state index contributed by atoms with van der Waals surface area (Å²) in [4.78, 5) is 16.9. The zero-order valence-electron chi connectivity index (χ0n) is 6.63. The van der Waals surface area contributed by atoms with Gasteiger partial charge in [-0.25, -0.2) is 0 Å².